The lowest BCUT2D eigenvalue weighted by Gasteiger charge is -2.32. The summed E-state index contributed by atoms with van der Waals surface area (Å²) >= 11 is 0. The average Bonchev–Trinajstić information content (AvgIpc) is 3.30. The Morgan fingerprint density at radius 3 is 3.08 bits per heavy atom. The standard InChI is InChI=1S/C19H23N5O/c1-14-5-2-7-16-18(14)22-19(21-16)15-6-3-10-23(13-15)17(25)8-12-24-11-4-9-20-24/h2,4-5,7,9,11,15H,3,6,8,10,12-13H2,1H3,(H,21,22). The molecular formula is C19H23N5O. The maximum atomic E-state index is 12.6. The minimum absolute atomic E-state index is 0.201. The van der Waals surface area contributed by atoms with Gasteiger partial charge >= 0.3 is 0 Å². The monoisotopic (exact) mass is 337 g/mol. The van der Waals surface area contributed by atoms with Crippen molar-refractivity contribution in [2.24, 2.45) is 0 Å². The van der Waals surface area contributed by atoms with E-state index in [1.165, 1.54) is 5.56 Å². The molecule has 1 aliphatic rings. The van der Waals surface area contributed by atoms with Gasteiger partial charge in [0.1, 0.15) is 5.82 Å². The van der Waals surface area contributed by atoms with Crippen molar-refractivity contribution in [1.82, 2.24) is 24.6 Å². The Hall–Kier alpha value is -2.63. The van der Waals surface area contributed by atoms with Crippen molar-refractivity contribution in [2.75, 3.05) is 13.1 Å². The van der Waals surface area contributed by atoms with Crippen molar-refractivity contribution in [2.45, 2.75) is 38.6 Å². The Balaban J connectivity index is 1.44. The molecule has 1 saturated heterocycles. The molecule has 3 heterocycles. The number of carbonyl (C=O) groups is 1. The van der Waals surface area contributed by atoms with Gasteiger partial charge in [-0.15, -0.1) is 0 Å². The van der Waals surface area contributed by atoms with E-state index in [-0.39, 0.29) is 11.8 Å². The van der Waals surface area contributed by atoms with Gasteiger partial charge in [-0.1, -0.05) is 12.1 Å². The van der Waals surface area contributed by atoms with Crippen LogP contribution in [0.3, 0.4) is 0 Å². The van der Waals surface area contributed by atoms with Crippen molar-refractivity contribution < 1.29 is 4.79 Å². The predicted molar refractivity (Wildman–Crippen MR) is 96.2 cm³/mol. The molecule has 2 aromatic heterocycles. The number of piperidine rings is 1. The molecule has 6 heteroatoms. The highest BCUT2D eigenvalue weighted by molar-refractivity contribution is 5.79. The summed E-state index contributed by atoms with van der Waals surface area (Å²) in [5.41, 5.74) is 3.31. The summed E-state index contributed by atoms with van der Waals surface area (Å²) in [6.45, 7) is 4.31. The summed E-state index contributed by atoms with van der Waals surface area (Å²) in [4.78, 5) is 22.8. The van der Waals surface area contributed by atoms with Crippen LogP contribution in [0.5, 0.6) is 0 Å². The second-order valence-corrected chi connectivity index (χ2v) is 6.79. The molecule has 1 aromatic carbocycles. The summed E-state index contributed by atoms with van der Waals surface area (Å²) in [5, 5.41) is 4.16. The molecule has 1 amide bonds. The number of imidazole rings is 1. The average molecular weight is 337 g/mol. The van der Waals surface area contributed by atoms with Crippen molar-refractivity contribution in [1.29, 1.82) is 0 Å². The van der Waals surface area contributed by atoms with Gasteiger partial charge in [0.2, 0.25) is 5.91 Å². The molecule has 4 rings (SSSR count). The number of carbonyl (C=O) groups excluding carboxylic acids is 1. The second kappa shape index (κ2) is 6.70. The molecule has 1 fully saturated rings. The van der Waals surface area contributed by atoms with Crippen LogP contribution >= 0.6 is 0 Å². The molecule has 130 valence electrons. The van der Waals surface area contributed by atoms with E-state index in [0.717, 1.165) is 42.8 Å². The summed E-state index contributed by atoms with van der Waals surface area (Å²) in [6.07, 6.45) is 6.22. The smallest absolute Gasteiger partial charge is 0.224 e. The number of rotatable bonds is 4. The molecule has 6 nitrogen and oxygen atoms in total. The first-order valence-corrected chi connectivity index (χ1v) is 8.91. The summed E-state index contributed by atoms with van der Waals surface area (Å²) in [6, 6.07) is 8.07. The lowest BCUT2D eigenvalue weighted by atomic mass is 9.97. The van der Waals surface area contributed by atoms with Gasteiger partial charge in [-0.3, -0.25) is 9.48 Å². The Labute approximate surface area is 146 Å². The van der Waals surface area contributed by atoms with E-state index < -0.39 is 0 Å². The van der Waals surface area contributed by atoms with Crippen LogP contribution in [-0.4, -0.2) is 43.6 Å². The summed E-state index contributed by atoms with van der Waals surface area (Å²) in [7, 11) is 0. The van der Waals surface area contributed by atoms with Gasteiger partial charge in [0.15, 0.2) is 0 Å². The minimum atomic E-state index is 0.201. The van der Waals surface area contributed by atoms with E-state index in [4.69, 9.17) is 4.98 Å². The van der Waals surface area contributed by atoms with E-state index in [1.54, 1.807) is 10.9 Å². The van der Waals surface area contributed by atoms with E-state index in [1.807, 2.05) is 23.2 Å². The highest BCUT2D eigenvalue weighted by Crippen LogP contribution is 2.28. The number of fused-ring (bicyclic) bond motifs is 1. The maximum Gasteiger partial charge on any atom is 0.224 e. The Morgan fingerprint density at radius 1 is 1.36 bits per heavy atom. The quantitative estimate of drug-likeness (QED) is 0.796. The van der Waals surface area contributed by atoms with Crippen molar-refractivity contribution in [3.05, 3.63) is 48.0 Å². The number of nitrogens with one attached hydrogen (secondary N) is 1. The number of amides is 1. The molecule has 1 unspecified atom stereocenters. The molecule has 1 atom stereocenters. The van der Waals surface area contributed by atoms with Crippen LogP contribution in [0.2, 0.25) is 0 Å². The number of nitrogens with zero attached hydrogens (tertiary/aromatic N) is 4. The van der Waals surface area contributed by atoms with Crippen LogP contribution in [0, 0.1) is 6.92 Å². The molecule has 1 N–H and O–H groups in total. The van der Waals surface area contributed by atoms with Crippen LogP contribution in [-0.2, 0) is 11.3 Å². The zero-order valence-electron chi connectivity index (χ0n) is 14.5. The van der Waals surface area contributed by atoms with Crippen molar-refractivity contribution >= 4 is 16.9 Å². The molecule has 0 spiro atoms. The van der Waals surface area contributed by atoms with Crippen LogP contribution in [0.25, 0.3) is 11.0 Å². The number of hydrogen-bond acceptors (Lipinski definition) is 3. The number of hydrogen-bond donors (Lipinski definition) is 1. The third-order valence-electron chi connectivity index (χ3n) is 5.01. The van der Waals surface area contributed by atoms with Crippen LogP contribution < -0.4 is 0 Å². The van der Waals surface area contributed by atoms with Gasteiger partial charge in [0.25, 0.3) is 0 Å². The van der Waals surface area contributed by atoms with Crippen LogP contribution in [0.4, 0.5) is 0 Å². The van der Waals surface area contributed by atoms with E-state index >= 15 is 0 Å². The topological polar surface area (TPSA) is 66.8 Å². The SMILES string of the molecule is Cc1cccc2[nH]c(C3CCCN(C(=O)CCn4cccn4)C3)nc12. The highest BCUT2D eigenvalue weighted by Gasteiger charge is 2.26. The lowest BCUT2D eigenvalue weighted by molar-refractivity contribution is -0.132. The first-order chi connectivity index (χ1) is 12.2. The Kier molecular flexibility index (Phi) is 4.26. The molecule has 1 aliphatic heterocycles. The van der Waals surface area contributed by atoms with Gasteiger partial charge in [-0.25, -0.2) is 4.98 Å². The number of H-pyrrole nitrogens is 1. The minimum Gasteiger partial charge on any atom is -0.342 e. The normalized spacial score (nSPS) is 18.0. The van der Waals surface area contributed by atoms with E-state index in [0.29, 0.717) is 13.0 Å². The predicted octanol–water partition coefficient (Wildman–Crippen LogP) is 2.86. The van der Waals surface area contributed by atoms with Gasteiger partial charge in [0.05, 0.1) is 11.0 Å². The summed E-state index contributed by atoms with van der Waals surface area (Å²) < 4.78 is 1.81. The zero-order chi connectivity index (χ0) is 17.2. The number of aromatic nitrogens is 4. The first kappa shape index (κ1) is 15.9. The molecule has 0 aliphatic carbocycles. The van der Waals surface area contributed by atoms with Crippen LogP contribution in [0.1, 0.15) is 36.6 Å². The zero-order valence-corrected chi connectivity index (χ0v) is 14.5. The van der Waals surface area contributed by atoms with E-state index in [9.17, 15) is 4.79 Å². The Morgan fingerprint density at radius 2 is 2.28 bits per heavy atom. The van der Waals surface area contributed by atoms with Gasteiger partial charge < -0.3 is 9.88 Å². The molecule has 25 heavy (non-hydrogen) atoms. The van der Waals surface area contributed by atoms with Gasteiger partial charge in [-0.05, 0) is 37.5 Å². The largest absolute Gasteiger partial charge is 0.342 e. The number of likely N-dealkylation sites (tertiary alicyclic amines) is 1. The number of aromatic amines is 1. The molecular weight excluding hydrogens is 314 g/mol. The summed E-state index contributed by atoms with van der Waals surface area (Å²) in [5.74, 6) is 1.50. The fraction of sp³-hybridized carbons (Fsp3) is 0.421. The lowest BCUT2D eigenvalue weighted by Crippen LogP contribution is -2.39. The number of benzene rings is 1. The molecule has 0 radical (unpaired) electrons. The number of aryl methyl sites for hydroxylation is 2. The highest BCUT2D eigenvalue weighted by atomic mass is 16.2. The number of para-hydroxylation sites is 1. The van der Waals surface area contributed by atoms with E-state index in [2.05, 4.69) is 29.1 Å². The molecule has 0 bridgehead atoms. The fourth-order valence-corrected chi connectivity index (χ4v) is 3.62. The van der Waals surface area contributed by atoms with Gasteiger partial charge in [0, 0.05) is 44.4 Å². The first-order valence-electron chi connectivity index (χ1n) is 8.91. The molecule has 3 aromatic rings. The van der Waals surface area contributed by atoms with Crippen molar-refractivity contribution in [3.63, 3.8) is 0 Å². The maximum absolute atomic E-state index is 12.6. The van der Waals surface area contributed by atoms with Crippen LogP contribution in [0.15, 0.2) is 36.7 Å². The second-order valence-electron chi connectivity index (χ2n) is 6.79. The third-order valence-corrected chi connectivity index (χ3v) is 5.01. The molecule has 0 saturated carbocycles. The van der Waals surface area contributed by atoms with Gasteiger partial charge in [-0.2, -0.15) is 5.10 Å². The fourth-order valence-electron chi connectivity index (χ4n) is 3.62. The Bertz CT molecular complexity index is 867. The third kappa shape index (κ3) is 3.29. The van der Waals surface area contributed by atoms with Crippen molar-refractivity contribution in [3.8, 4) is 0 Å².